The minimum absolute atomic E-state index is 0.0176. The molecule has 0 saturated carbocycles. The lowest BCUT2D eigenvalue weighted by molar-refractivity contribution is -0.139. The monoisotopic (exact) mass is 340 g/mol. The second-order valence-electron chi connectivity index (χ2n) is 5.51. The van der Waals surface area contributed by atoms with Gasteiger partial charge in [-0.15, -0.1) is 0 Å². The molecular formula is C15H20N2O5S. The first-order valence-corrected chi connectivity index (χ1v) is 8.90. The second-order valence-corrected chi connectivity index (χ2v) is 7.23. The standard InChI is InChI=1S/C15H20N2O5S/c1-3-4-13(15(19)20)16-23(21,22)12-5-6-14-11(9-12)7-8-17(14)10(2)18/h5-6,9,13,16H,3-4,7-8H2,1-2H3,(H,19,20). The Bertz CT molecular complexity index is 729. The molecule has 1 amide bonds. The van der Waals surface area contributed by atoms with Crippen LogP contribution in [0.2, 0.25) is 0 Å². The number of nitrogens with zero attached hydrogens (tertiary/aromatic N) is 1. The van der Waals surface area contributed by atoms with Gasteiger partial charge in [0.05, 0.1) is 4.90 Å². The number of hydrogen-bond acceptors (Lipinski definition) is 4. The number of nitrogens with one attached hydrogen (secondary N) is 1. The van der Waals surface area contributed by atoms with Crippen molar-refractivity contribution in [2.24, 2.45) is 0 Å². The number of anilines is 1. The van der Waals surface area contributed by atoms with Crippen molar-refractivity contribution in [3.63, 3.8) is 0 Å². The summed E-state index contributed by atoms with van der Waals surface area (Å²) in [5.41, 5.74) is 1.48. The van der Waals surface area contributed by atoms with E-state index in [-0.39, 0.29) is 17.2 Å². The summed E-state index contributed by atoms with van der Waals surface area (Å²) in [6.07, 6.45) is 1.35. The molecule has 1 aromatic carbocycles. The molecule has 1 aliphatic heterocycles. The third-order valence-corrected chi connectivity index (χ3v) is 5.28. The lowest BCUT2D eigenvalue weighted by Crippen LogP contribution is -2.40. The summed E-state index contributed by atoms with van der Waals surface area (Å²) in [7, 11) is -3.92. The van der Waals surface area contributed by atoms with Crippen LogP contribution in [0.5, 0.6) is 0 Å². The molecule has 8 heteroatoms. The zero-order valence-corrected chi connectivity index (χ0v) is 13.9. The highest BCUT2D eigenvalue weighted by Crippen LogP contribution is 2.30. The van der Waals surface area contributed by atoms with Crippen molar-refractivity contribution in [2.45, 2.75) is 44.0 Å². The number of benzene rings is 1. The van der Waals surface area contributed by atoms with Gasteiger partial charge in [-0.3, -0.25) is 9.59 Å². The fourth-order valence-electron chi connectivity index (χ4n) is 2.65. The number of fused-ring (bicyclic) bond motifs is 1. The molecule has 23 heavy (non-hydrogen) atoms. The van der Waals surface area contributed by atoms with E-state index in [4.69, 9.17) is 5.11 Å². The topological polar surface area (TPSA) is 104 Å². The number of carbonyl (C=O) groups is 2. The van der Waals surface area contributed by atoms with Crippen LogP contribution >= 0.6 is 0 Å². The van der Waals surface area contributed by atoms with E-state index in [0.29, 0.717) is 25.1 Å². The smallest absolute Gasteiger partial charge is 0.321 e. The molecule has 2 rings (SSSR count). The van der Waals surface area contributed by atoms with Crippen LogP contribution in [0.4, 0.5) is 5.69 Å². The molecule has 0 radical (unpaired) electrons. The van der Waals surface area contributed by atoms with Crippen molar-refractivity contribution >= 4 is 27.6 Å². The Morgan fingerprint density at radius 1 is 1.39 bits per heavy atom. The van der Waals surface area contributed by atoms with Gasteiger partial charge in [-0.2, -0.15) is 4.72 Å². The van der Waals surface area contributed by atoms with Gasteiger partial charge >= 0.3 is 5.97 Å². The number of rotatable bonds is 6. The Kier molecular flexibility index (Phi) is 5.06. The molecule has 2 N–H and O–H groups in total. The first kappa shape index (κ1) is 17.4. The maximum Gasteiger partial charge on any atom is 0.321 e. The summed E-state index contributed by atoms with van der Waals surface area (Å²) in [5, 5.41) is 9.09. The van der Waals surface area contributed by atoms with Gasteiger partial charge in [0.25, 0.3) is 0 Å². The normalized spacial score (nSPS) is 15.3. The number of aliphatic carboxylic acids is 1. The fourth-order valence-corrected chi connectivity index (χ4v) is 3.92. The number of amides is 1. The fraction of sp³-hybridized carbons (Fsp3) is 0.467. The van der Waals surface area contributed by atoms with E-state index in [2.05, 4.69) is 4.72 Å². The van der Waals surface area contributed by atoms with E-state index in [1.54, 1.807) is 17.9 Å². The average molecular weight is 340 g/mol. The molecule has 126 valence electrons. The lowest BCUT2D eigenvalue weighted by atomic mass is 10.2. The van der Waals surface area contributed by atoms with E-state index in [1.807, 2.05) is 0 Å². The first-order chi connectivity index (χ1) is 10.8. The molecule has 1 heterocycles. The molecule has 0 bridgehead atoms. The molecule has 1 unspecified atom stereocenters. The predicted octanol–water partition coefficient (Wildman–Crippen LogP) is 1.13. The van der Waals surface area contributed by atoms with Crippen molar-refractivity contribution < 1.29 is 23.1 Å². The van der Waals surface area contributed by atoms with Crippen molar-refractivity contribution in [3.05, 3.63) is 23.8 Å². The van der Waals surface area contributed by atoms with Gasteiger partial charge in [0.2, 0.25) is 15.9 Å². The molecular weight excluding hydrogens is 320 g/mol. The van der Waals surface area contributed by atoms with Crippen LogP contribution in [0.15, 0.2) is 23.1 Å². The number of carboxylic acids is 1. The Morgan fingerprint density at radius 3 is 2.65 bits per heavy atom. The minimum Gasteiger partial charge on any atom is -0.480 e. The quantitative estimate of drug-likeness (QED) is 0.808. The molecule has 0 aromatic heterocycles. The van der Waals surface area contributed by atoms with Crippen LogP contribution < -0.4 is 9.62 Å². The summed E-state index contributed by atoms with van der Waals surface area (Å²) in [6.45, 7) is 3.77. The highest BCUT2D eigenvalue weighted by Gasteiger charge is 2.27. The Hall–Kier alpha value is -1.93. The third-order valence-electron chi connectivity index (χ3n) is 3.81. The molecule has 0 spiro atoms. The summed E-state index contributed by atoms with van der Waals surface area (Å²) in [6, 6.07) is 3.35. The van der Waals surface area contributed by atoms with Crippen LogP contribution in [0.25, 0.3) is 0 Å². The maximum absolute atomic E-state index is 12.4. The maximum atomic E-state index is 12.4. The molecule has 0 aliphatic carbocycles. The highest BCUT2D eigenvalue weighted by atomic mass is 32.2. The molecule has 0 saturated heterocycles. The van der Waals surface area contributed by atoms with E-state index in [1.165, 1.54) is 19.1 Å². The van der Waals surface area contributed by atoms with Crippen molar-refractivity contribution in [3.8, 4) is 0 Å². The zero-order chi connectivity index (χ0) is 17.2. The number of carboxylic acid groups (broad SMARTS) is 1. The van der Waals surface area contributed by atoms with Gasteiger partial charge in [0.1, 0.15) is 6.04 Å². The first-order valence-electron chi connectivity index (χ1n) is 7.42. The van der Waals surface area contributed by atoms with Gasteiger partial charge < -0.3 is 10.0 Å². The minimum atomic E-state index is -3.92. The van der Waals surface area contributed by atoms with Gasteiger partial charge in [0.15, 0.2) is 0 Å². The van der Waals surface area contributed by atoms with Crippen molar-refractivity contribution in [1.82, 2.24) is 4.72 Å². The second kappa shape index (κ2) is 6.67. The summed E-state index contributed by atoms with van der Waals surface area (Å²) in [5.74, 6) is -1.29. The predicted molar refractivity (Wildman–Crippen MR) is 84.8 cm³/mol. The van der Waals surface area contributed by atoms with Crippen LogP contribution in [0.1, 0.15) is 32.3 Å². The third kappa shape index (κ3) is 3.70. The highest BCUT2D eigenvalue weighted by molar-refractivity contribution is 7.89. The number of carbonyl (C=O) groups excluding carboxylic acids is 1. The van der Waals surface area contributed by atoms with Crippen LogP contribution in [0, 0.1) is 0 Å². The molecule has 1 aromatic rings. The summed E-state index contributed by atoms with van der Waals surface area (Å²) < 4.78 is 27.0. The van der Waals surface area contributed by atoms with Gasteiger partial charge in [-0.05, 0) is 36.6 Å². The van der Waals surface area contributed by atoms with E-state index < -0.39 is 22.0 Å². The van der Waals surface area contributed by atoms with Gasteiger partial charge in [-0.25, -0.2) is 8.42 Å². The van der Waals surface area contributed by atoms with Crippen LogP contribution in [-0.4, -0.2) is 38.0 Å². The van der Waals surface area contributed by atoms with E-state index in [9.17, 15) is 18.0 Å². The number of hydrogen-bond donors (Lipinski definition) is 2. The van der Waals surface area contributed by atoms with Crippen LogP contribution in [-0.2, 0) is 26.0 Å². The summed E-state index contributed by atoms with van der Waals surface area (Å²) in [4.78, 5) is 24.3. The Morgan fingerprint density at radius 2 is 2.09 bits per heavy atom. The van der Waals surface area contributed by atoms with Gasteiger partial charge in [-0.1, -0.05) is 13.3 Å². The van der Waals surface area contributed by atoms with Crippen molar-refractivity contribution in [1.29, 1.82) is 0 Å². The lowest BCUT2D eigenvalue weighted by Gasteiger charge is -2.16. The van der Waals surface area contributed by atoms with Crippen LogP contribution in [0.3, 0.4) is 0 Å². The summed E-state index contributed by atoms with van der Waals surface area (Å²) >= 11 is 0. The van der Waals surface area contributed by atoms with E-state index in [0.717, 1.165) is 5.56 Å². The molecule has 1 aliphatic rings. The van der Waals surface area contributed by atoms with Crippen molar-refractivity contribution in [2.75, 3.05) is 11.4 Å². The molecule has 0 fully saturated rings. The Labute approximate surface area is 135 Å². The molecule has 7 nitrogen and oxygen atoms in total. The van der Waals surface area contributed by atoms with E-state index >= 15 is 0 Å². The zero-order valence-electron chi connectivity index (χ0n) is 13.1. The SMILES string of the molecule is CCCC(NS(=O)(=O)c1ccc2c(c1)CCN2C(C)=O)C(=O)O. The average Bonchev–Trinajstić information content (AvgIpc) is 2.89. The Balaban J connectivity index is 2.28. The largest absolute Gasteiger partial charge is 0.480 e. The van der Waals surface area contributed by atoms with Gasteiger partial charge in [0, 0.05) is 19.2 Å². The molecule has 1 atom stereocenters. The number of sulfonamides is 1.